The fraction of sp³-hybridized carbons (Fsp3) is 0. The summed E-state index contributed by atoms with van der Waals surface area (Å²) in [5, 5.41) is 3.58. The number of thiophene rings is 1. The van der Waals surface area contributed by atoms with Gasteiger partial charge in [-0.05, 0) is 35.2 Å². The lowest BCUT2D eigenvalue weighted by Gasteiger charge is -2.12. The number of hydrogen-bond acceptors (Lipinski definition) is 2. The van der Waals surface area contributed by atoms with Gasteiger partial charge in [-0.25, -0.2) is 0 Å². The van der Waals surface area contributed by atoms with Crippen LogP contribution in [0.5, 0.6) is 0 Å². The Balaban J connectivity index is 2.20. The molecule has 0 spiro atoms. The Labute approximate surface area is 142 Å². The Morgan fingerprint density at radius 1 is 0.913 bits per heavy atom. The molecule has 1 N–H and O–H groups in total. The van der Waals surface area contributed by atoms with Crippen LogP contribution >= 0.6 is 22.9 Å². The molecule has 2 aromatic heterocycles. The molecular formula is C19H12ClNOS. The van der Waals surface area contributed by atoms with Gasteiger partial charge in [-0.3, -0.25) is 4.79 Å². The summed E-state index contributed by atoms with van der Waals surface area (Å²) in [5.41, 5.74) is 3.34. The van der Waals surface area contributed by atoms with Crippen molar-refractivity contribution in [2.75, 3.05) is 0 Å². The molecule has 2 aromatic carbocycles. The largest absolute Gasteiger partial charge is 0.321 e. The molecular weight excluding hydrogens is 326 g/mol. The van der Waals surface area contributed by atoms with Crippen LogP contribution in [0.15, 0.2) is 70.8 Å². The SMILES string of the molecule is O=c1[nH]c2ccc(Cl)cc2c(-c2ccccc2)c1-c1cccs1. The normalized spacial score (nSPS) is 11.0. The van der Waals surface area contributed by atoms with E-state index in [4.69, 9.17) is 11.6 Å². The molecule has 0 aliphatic heterocycles. The van der Waals surface area contributed by atoms with E-state index in [0.717, 1.165) is 26.9 Å². The Hall–Kier alpha value is -2.36. The molecule has 0 amide bonds. The van der Waals surface area contributed by atoms with E-state index in [1.165, 1.54) is 0 Å². The molecule has 0 aliphatic rings. The zero-order valence-electron chi connectivity index (χ0n) is 12.0. The van der Waals surface area contributed by atoms with E-state index in [9.17, 15) is 4.79 Å². The molecule has 0 aliphatic carbocycles. The van der Waals surface area contributed by atoms with E-state index in [-0.39, 0.29) is 5.56 Å². The van der Waals surface area contributed by atoms with Crippen molar-refractivity contribution in [3.05, 3.63) is 81.4 Å². The van der Waals surface area contributed by atoms with Crippen LogP contribution in [0.2, 0.25) is 5.02 Å². The predicted molar refractivity (Wildman–Crippen MR) is 98.3 cm³/mol. The van der Waals surface area contributed by atoms with Gasteiger partial charge in [-0.2, -0.15) is 0 Å². The molecule has 0 fully saturated rings. The van der Waals surface area contributed by atoms with Crippen LogP contribution in [-0.4, -0.2) is 4.98 Å². The highest BCUT2D eigenvalue weighted by molar-refractivity contribution is 7.13. The molecule has 0 unspecified atom stereocenters. The fourth-order valence-electron chi connectivity index (χ4n) is 2.83. The van der Waals surface area contributed by atoms with Gasteiger partial charge in [-0.1, -0.05) is 48.0 Å². The Morgan fingerprint density at radius 3 is 2.48 bits per heavy atom. The zero-order valence-corrected chi connectivity index (χ0v) is 13.6. The standard InChI is InChI=1S/C19H12ClNOS/c20-13-8-9-15-14(11-13)17(12-5-2-1-3-6-12)18(19(22)21-15)16-7-4-10-23-16/h1-11H,(H,21,22). The molecule has 4 rings (SSSR count). The average Bonchev–Trinajstić information content (AvgIpc) is 3.09. The first-order chi connectivity index (χ1) is 11.2. The second-order valence-corrected chi connectivity index (χ2v) is 6.62. The Kier molecular flexibility index (Phi) is 3.52. The number of fused-ring (bicyclic) bond motifs is 1. The number of nitrogens with one attached hydrogen (secondary N) is 1. The van der Waals surface area contributed by atoms with Crippen LogP contribution in [-0.2, 0) is 0 Å². The fourth-order valence-corrected chi connectivity index (χ4v) is 3.77. The van der Waals surface area contributed by atoms with Gasteiger partial charge in [0.2, 0.25) is 0 Å². The minimum absolute atomic E-state index is 0.0823. The molecule has 2 nitrogen and oxygen atoms in total. The number of H-pyrrole nitrogens is 1. The second kappa shape index (κ2) is 5.69. The minimum atomic E-state index is -0.0823. The van der Waals surface area contributed by atoms with Crippen LogP contribution in [0.1, 0.15) is 0 Å². The van der Waals surface area contributed by atoms with Crippen molar-refractivity contribution in [3.63, 3.8) is 0 Å². The summed E-state index contributed by atoms with van der Waals surface area (Å²) in [4.78, 5) is 16.7. The van der Waals surface area contributed by atoms with Gasteiger partial charge in [0, 0.05) is 26.4 Å². The summed E-state index contributed by atoms with van der Waals surface area (Å²) in [5.74, 6) is 0. The molecule has 4 heteroatoms. The summed E-state index contributed by atoms with van der Waals surface area (Å²) >= 11 is 7.76. The molecule has 2 heterocycles. The predicted octanol–water partition coefficient (Wildman–Crippen LogP) is 5.58. The first-order valence-corrected chi connectivity index (χ1v) is 8.44. The van der Waals surface area contributed by atoms with E-state index in [1.54, 1.807) is 17.4 Å². The third-order valence-electron chi connectivity index (χ3n) is 3.81. The van der Waals surface area contributed by atoms with Crippen molar-refractivity contribution in [1.29, 1.82) is 0 Å². The van der Waals surface area contributed by atoms with Crippen molar-refractivity contribution in [3.8, 4) is 21.6 Å². The maximum absolute atomic E-state index is 12.7. The first-order valence-electron chi connectivity index (χ1n) is 7.19. The van der Waals surface area contributed by atoms with Crippen LogP contribution in [0.4, 0.5) is 0 Å². The highest BCUT2D eigenvalue weighted by atomic mass is 35.5. The molecule has 0 bridgehead atoms. The van der Waals surface area contributed by atoms with Crippen molar-refractivity contribution < 1.29 is 0 Å². The van der Waals surface area contributed by atoms with Crippen molar-refractivity contribution in [2.24, 2.45) is 0 Å². The molecule has 112 valence electrons. The number of aromatic nitrogens is 1. The van der Waals surface area contributed by atoms with Gasteiger partial charge in [-0.15, -0.1) is 11.3 Å². The first kappa shape index (κ1) is 14.2. The van der Waals surface area contributed by atoms with Crippen molar-refractivity contribution in [2.45, 2.75) is 0 Å². The summed E-state index contributed by atoms with van der Waals surface area (Å²) in [6.07, 6.45) is 0. The summed E-state index contributed by atoms with van der Waals surface area (Å²) in [7, 11) is 0. The van der Waals surface area contributed by atoms with Crippen LogP contribution in [0, 0.1) is 0 Å². The van der Waals surface area contributed by atoms with E-state index in [2.05, 4.69) is 4.98 Å². The quantitative estimate of drug-likeness (QED) is 0.509. The number of aromatic amines is 1. The average molecular weight is 338 g/mol. The molecule has 0 saturated heterocycles. The number of pyridine rings is 1. The van der Waals surface area contributed by atoms with Gasteiger partial charge in [0.15, 0.2) is 0 Å². The van der Waals surface area contributed by atoms with Gasteiger partial charge >= 0.3 is 0 Å². The molecule has 0 saturated carbocycles. The topological polar surface area (TPSA) is 32.9 Å². The second-order valence-electron chi connectivity index (χ2n) is 5.24. The lowest BCUT2D eigenvalue weighted by molar-refractivity contribution is 1.31. The van der Waals surface area contributed by atoms with E-state index in [1.807, 2.05) is 60.0 Å². The minimum Gasteiger partial charge on any atom is -0.321 e. The zero-order chi connectivity index (χ0) is 15.8. The summed E-state index contributed by atoms with van der Waals surface area (Å²) in [6, 6.07) is 19.4. The maximum Gasteiger partial charge on any atom is 0.257 e. The third kappa shape index (κ3) is 2.48. The Bertz CT molecular complexity index is 1040. The number of rotatable bonds is 2. The summed E-state index contributed by atoms with van der Waals surface area (Å²) < 4.78 is 0. The number of hydrogen-bond donors (Lipinski definition) is 1. The van der Waals surface area contributed by atoms with Crippen molar-refractivity contribution >= 4 is 33.8 Å². The summed E-state index contributed by atoms with van der Waals surface area (Å²) in [6.45, 7) is 0. The van der Waals surface area contributed by atoms with Crippen molar-refractivity contribution in [1.82, 2.24) is 4.98 Å². The molecule has 4 aromatic rings. The van der Waals surface area contributed by atoms with E-state index >= 15 is 0 Å². The van der Waals surface area contributed by atoms with Crippen LogP contribution in [0.25, 0.3) is 32.5 Å². The third-order valence-corrected chi connectivity index (χ3v) is 4.93. The molecule has 0 radical (unpaired) electrons. The lowest BCUT2D eigenvalue weighted by Crippen LogP contribution is -2.10. The highest BCUT2D eigenvalue weighted by Crippen LogP contribution is 2.37. The highest BCUT2D eigenvalue weighted by Gasteiger charge is 2.17. The maximum atomic E-state index is 12.7. The molecule has 23 heavy (non-hydrogen) atoms. The Morgan fingerprint density at radius 2 is 1.74 bits per heavy atom. The lowest BCUT2D eigenvalue weighted by atomic mass is 9.95. The van der Waals surface area contributed by atoms with E-state index in [0.29, 0.717) is 10.6 Å². The van der Waals surface area contributed by atoms with E-state index < -0.39 is 0 Å². The van der Waals surface area contributed by atoms with Gasteiger partial charge in [0.1, 0.15) is 0 Å². The number of halogens is 1. The van der Waals surface area contributed by atoms with Gasteiger partial charge in [0.25, 0.3) is 5.56 Å². The number of benzene rings is 2. The smallest absolute Gasteiger partial charge is 0.257 e. The van der Waals surface area contributed by atoms with Crippen LogP contribution in [0.3, 0.4) is 0 Å². The monoisotopic (exact) mass is 337 g/mol. The van der Waals surface area contributed by atoms with Gasteiger partial charge in [0.05, 0.1) is 5.56 Å². The molecule has 0 atom stereocenters. The van der Waals surface area contributed by atoms with Gasteiger partial charge < -0.3 is 4.98 Å². The van der Waals surface area contributed by atoms with Crippen LogP contribution < -0.4 is 5.56 Å².